The van der Waals surface area contributed by atoms with E-state index in [1.807, 2.05) is 6.07 Å². The third kappa shape index (κ3) is 3.72. The van der Waals surface area contributed by atoms with E-state index in [-0.39, 0.29) is 12.4 Å². The fourth-order valence-electron chi connectivity index (χ4n) is 1.93. The van der Waals surface area contributed by atoms with Gasteiger partial charge in [0.2, 0.25) is 0 Å². The van der Waals surface area contributed by atoms with Gasteiger partial charge in [0.15, 0.2) is 0 Å². The molecule has 1 aromatic carbocycles. The summed E-state index contributed by atoms with van der Waals surface area (Å²) >= 11 is 0. The molecule has 0 unspecified atom stereocenters. The Morgan fingerprint density at radius 3 is 2.22 bits per heavy atom. The number of hydrogen-bond donors (Lipinski definition) is 1. The van der Waals surface area contributed by atoms with Crippen LogP contribution in [0.4, 0.5) is 0 Å². The number of nitrogens with zero attached hydrogens (tertiary/aromatic N) is 1. The molecule has 0 radical (unpaired) electrons. The summed E-state index contributed by atoms with van der Waals surface area (Å²) in [5.74, 6) is -0.771. The molecule has 4 heteroatoms. The third-order valence-electron chi connectivity index (χ3n) is 3.49. The maximum Gasteiger partial charge on any atom is 0.321 e. The van der Waals surface area contributed by atoms with E-state index in [1.54, 1.807) is 19.0 Å². The summed E-state index contributed by atoms with van der Waals surface area (Å²) in [4.78, 5) is 12.9. The van der Waals surface area contributed by atoms with Crippen LogP contribution in [0.2, 0.25) is 0 Å². The van der Waals surface area contributed by atoms with Crippen LogP contribution >= 0.6 is 12.4 Å². The standard InChI is InChI=1S/C14H21NO2.ClH/c1-9-6-7-12(11(3)10(9)2)8-13(14(16)17)15(4)5;/h6-7,13H,8H2,1-5H3,(H,16,17);1H/t13-;/m1./s1. The zero-order chi connectivity index (χ0) is 13.2. The normalized spacial score (nSPS) is 12.1. The second kappa shape index (κ2) is 6.76. The van der Waals surface area contributed by atoms with E-state index in [1.165, 1.54) is 16.7 Å². The highest BCUT2D eigenvalue weighted by Gasteiger charge is 2.21. The monoisotopic (exact) mass is 271 g/mol. The average molecular weight is 272 g/mol. The van der Waals surface area contributed by atoms with Gasteiger partial charge in [-0.2, -0.15) is 0 Å². The van der Waals surface area contributed by atoms with Crippen molar-refractivity contribution in [1.29, 1.82) is 0 Å². The largest absolute Gasteiger partial charge is 0.480 e. The van der Waals surface area contributed by atoms with Gasteiger partial charge in [-0.3, -0.25) is 9.69 Å². The van der Waals surface area contributed by atoms with Gasteiger partial charge < -0.3 is 5.11 Å². The van der Waals surface area contributed by atoms with E-state index in [9.17, 15) is 9.90 Å². The van der Waals surface area contributed by atoms with Crippen LogP contribution in [0.1, 0.15) is 22.3 Å². The number of carboxylic acid groups (broad SMARTS) is 1. The maximum atomic E-state index is 11.2. The number of aryl methyl sites for hydroxylation is 1. The quantitative estimate of drug-likeness (QED) is 0.915. The topological polar surface area (TPSA) is 40.5 Å². The molecule has 0 aliphatic heterocycles. The van der Waals surface area contributed by atoms with Gasteiger partial charge in [0.1, 0.15) is 6.04 Å². The molecule has 3 nitrogen and oxygen atoms in total. The molecule has 1 N–H and O–H groups in total. The lowest BCUT2D eigenvalue weighted by molar-refractivity contribution is -0.142. The Morgan fingerprint density at radius 2 is 1.78 bits per heavy atom. The Morgan fingerprint density at radius 1 is 1.22 bits per heavy atom. The van der Waals surface area contributed by atoms with Crippen molar-refractivity contribution in [3.05, 3.63) is 34.4 Å². The van der Waals surface area contributed by atoms with Crippen LogP contribution in [0.5, 0.6) is 0 Å². The third-order valence-corrected chi connectivity index (χ3v) is 3.49. The summed E-state index contributed by atoms with van der Waals surface area (Å²) < 4.78 is 0. The summed E-state index contributed by atoms with van der Waals surface area (Å²) in [6.45, 7) is 6.22. The average Bonchev–Trinajstić information content (AvgIpc) is 2.24. The molecule has 0 saturated carbocycles. The van der Waals surface area contributed by atoms with Gasteiger partial charge in [0.05, 0.1) is 0 Å². The number of rotatable bonds is 4. The highest BCUT2D eigenvalue weighted by Crippen LogP contribution is 2.19. The Labute approximate surface area is 115 Å². The van der Waals surface area contributed by atoms with Crippen LogP contribution in [0.15, 0.2) is 12.1 Å². The molecule has 1 rings (SSSR count). The molecule has 0 aromatic heterocycles. The number of carboxylic acids is 1. The lowest BCUT2D eigenvalue weighted by Crippen LogP contribution is -2.37. The first-order valence-corrected chi connectivity index (χ1v) is 5.79. The molecule has 0 heterocycles. The van der Waals surface area contributed by atoms with Gasteiger partial charge in [-0.25, -0.2) is 0 Å². The summed E-state index contributed by atoms with van der Waals surface area (Å²) in [6.07, 6.45) is 0.551. The van der Waals surface area contributed by atoms with Crippen molar-refractivity contribution in [2.45, 2.75) is 33.2 Å². The van der Waals surface area contributed by atoms with Crippen molar-refractivity contribution in [2.24, 2.45) is 0 Å². The predicted octanol–water partition coefficient (Wildman–Crippen LogP) is 2.59. The fraction of sp³-hybridized carbons (Fsp3) is 0.500. The van der Waals surface area contributed by atoms with E-state index in [4.69, 9.17) is 0 Å². The van der Waals surface area contributed by atoms with Gasteiger partial charge >= 0.3 is 5.97 Å². The second-order valence-electron chi connectivity index (χ2n) is 4.81. The first-order valence-electron chi connectivity index (χ1n) is 5.79. The molecule has 1 aromatic rings. The van der Waals surface area contributed by atoms with Crippen LogP contribution in [0.25, 0.3) is 0 Å². The van der Waals surface area contributed by atoms with Crippen molar-refractivity contribution in [3.8, 4) is 0 Å². The van der Waals surface area contributed by atoms with Crippen molar-refractivity contribution in [2.75, 3.05) is 14.1 Å². The molecule has 0 aliphatic rings. The highest BCUT2D eigenvalue weighted by molar-refractivity contribution is 5.85. The van der Waals surface area contributed by atoms with Crippen LogP contribution in [0.3, 0.4) is 0 Å². The number of carbonyl (C=O) groups is 1. The Hall–Kier alpha value is -1.06. The van der Waals surface area contributed by atoms with Crippen LogP contribution in [-0.2, 0) is 11.2 Å². The molecule has 0 spiro atoms. The van der Waals surface area contributed by atoms with Gasteiger partial charge in [0.25, 0.3) is 0 Å². The van der Waals surface area contributed by atoms with Crippen molar-refractivity contribution < 1.29 is 9.90 Å². The zero-order valence-electron chi connectivity index (χ0n) is 11.7. The molecular weight excluding hydrogens is 250 g/mol. The Balaban J connectivity index is 0.00000289. The number of likely N-dealkylation sites (N-methyl/N-ethyl adjacent to an activating group) is 1. The van der Waals surface area contributed by atoms with E-state index >= 15 is 0 Å². The molecule has 1 atom stereocenters. The highest BCUT2D eigenvalue weighted by atomic mass is 35.5. The first kappa shape index (κ1) is 16.9. The summed E-state index contributed by atoms with van der Waals surface area (Å²) in [5.41, 5.74) is 4.83. The van der Waals surface area contributed by atoms with Crippen LogP contribution < -0.4 is 0 Å². The summed E-state index contributed by atoms with van der Waals surface area (Å²) in [5, 5.41) is 9.18. The van der Waals surface area contributed by atoms with Crippen molar-refractivity contribution in [3.63, 3.8) is 0 Å². The number of benzene rings is 1. The van der Waals surface area contributed by atoms with Gasteiger partial charge in [-0.15, -0.1) is 12.4 Å². The first-order chi connectivity index (χ1) is 7.84. The number of hydrogen-bond acceptors (Lipinski definition) is 2. The minimum absolute atomic E-state index is 0. The summed E-state index contributed by atoms with van der Waals surface area (Å²) in [6, 6.07) is 3.64. The minimum atomic E-state index is -0.771. The minimum Gasteiger partial charge on any atom is -0.480 e. The summed E-state index contributed by atoms with van der Waals surface area (Å²) in [7, 11) is 3.60. The molecule has 18 heavy (non-hydrogen) atoms. The van der Waals surface area contributed by atoms with E-state index < -0.39 is 12.0 Å². The molecule has 0 amide bonds. The lowest BCUT2D eigenvalue weighted by atomic mass is 9.94. The maximum absolute atomic E-state index is 11.2. The zero-order valence-corrected chi connectivity index (χ0v) is 12.5. The molecule has 0 aliphatic carbocycles. The van der Waals surface area contributed by atoms with Gasteiger partial charge in [-0.05, 0) is 63.5 Å². The second-order valence-corrected chi connectivity index (χ2v) is 4.81. The van der Waals surface area contributed by atoms with Crippen molar-refractivity contribution in [1.82, 2.24) is 4.90 Å². The van der Waals surface area contributed by atoms with Gasteiger partial charge in [-0.1, -0.05) is 12.1 Å². The van der Waals surface area contributed by atoms with Crippen LogP contribution in [-0.4, -0.2) is 36.1 Å². The number of aliphatic carboxylic acids is 1. The van der Waals surface area contributed by atoms with E-state index in [2.05, 4.69) is 26.8 Å². The fourth-order valence-corrected chi connectivity index (χ4v) is 1.93. The molecular formula is C14H22ClNO2. The molecule has 0 bridgehead atoms. The van der Waals surface area contributed by atoms with Crippen LogP contribution in [0, 0.1) is 20.8 Å². The predicted molar refractivity (Wildman–Crippen MR) is 76.7 cm³/mol. The van der Waals surface area contributed by atoms with E-state index in [0.717, 1.165) is 5.56 Å². The Kier molecular flexibility index (Phi) is 6.36. The lowest BCUT2D eigenvalue weighted by Gasteiger charge is -2.21. The van der Waals surface area contributed by atoms with E-state index in [0.29, 0.717) is 6.42 Å². The number of halogens is 1. The SMILES string of the molecule is Cc1ccc(C[C@H](C(=O)O)N(C)C)c(C)c1C.Cl. The van der Waals surface area contributed by atoms with Gasteiger partial charge in [0, 0.05) is 0 Å². The molecule has 102 valence electrons. The van der Waals surface area contributed by atoms with Crippen molar-refractivity contribution >= 4 is 18.4 Å². The molecule has 0 fully saturated rings. The Bertz CT molecular complexity index is 430. The smallest absolute Gasteiger partial charge is 0.321 e. The molecule has 0 saturated heterocycles.